The Labute approximate surface area is 446 Å². The van der Waals surface area contributed by atoms with Crippen LogP contribution < -0.4 is 0 Å². The lowest BCUT2D eigenvalue weighted by molar-refractivity contribution is 0.432. The molecule has 0 aliphatic heterocycles. The average molecular weight is 1000 g/mol. The van der Waals surface area contributed by atoms with Crippen molar-refractivity contribution in [2.45, 2.75) is 159 Å². The number of aromatic hydroxyl groups is 3. The second-order valence-electron chi connectivity index (χ2n) is 19.6. The molecule has 0 fully saturated rings. The van der Waals surface area contributed by atoms with Crippen LogP contribution in [0.15, 0.2) is 140 Å². The molecule has 0 saturated heterocycles. The van der Waals surface area contributed by atoms with E-state index >= 15 is 0 Å². The van der Waals surface area contributed by atoms with E-state index in [9.17, 15) is 15.3 Å². The standard InChI is InChI=1S/C66H78N6O3/c1-10-19-22-43-25-31-52(32-26-43)55-37-46(13-4)58(47(14-5)38-55)67-70-61-64(73)62(71-68-59-48(15-6)39-56(40-49(59)16-7)53-33-27-44(28-34-53)23-20-11-2)66(75)63(65(61)74)72-69-60-50(17-8)41-57(42-51(60)18-9)54-35-29-45(30-36-54)24-21-12-3/h25-42,73-75H,10-24H2,1-9H3. The summed E-state index contributed by atoms with van der Waals surface area (Å²) in [4.78, 5) is 0. The molecule has 0 radical (unpaired) electrons. The second-order valence-corrected chi connectivity index (χ2v) is 19.6. The predicted molar refractivity (Wildman–Crippen MR) is 312 cm³/mol. The summed E-state index contributed by atoms with van der Waals surface area (Å²) in [5, 5.41) is 64.5. The van der Waals surface area contributed by atoms with Gasteiger partial charge < -0.3 is 15.3 Å². The van der Waals surface area contributed by atoms with Gasteiger partial charge >= 0.3 is 0 Å². The van der Waals surface area contributed by atoms with Crippen LogP contribution in [0, 0.1) is 0 Å². The molecule has 0 saturated carbocycles. The van der Waals surface area contributed by atoms with Gasteiger partial charge in [-0.25, -0.2) is 0 Å². The maximum absolute atomic E-state index is 12.1. The molecule has 7 aromatic carbocycles. The Morgan fingerprint density at radius 3 is 0.653 bits per heavy atom. The zero-order chi connectivity index (χ0) is 53.4. The van der Waals surface area contributed by atoms with E-state index in [1.807, 2.05) is 0 Å². The van der Waals surface area contributed by atoms with Crippen molar-refractivity contribution in [3.05, 3.63) is 159 Å². The van der Waals surface area contributed by atoms with Gasteiger partial charge in [-0.05, 0) is 197 Å². The molecule has 9 nitrogen and oxygen atoms in total. The molecule has 0 amide bonds. The molecular weight excluding hydrogens is 925 g/mol. The first-order valence-corrected chi connectivity index (χ1v) is 27.8. The molecule has 0 unspecified atom stereocenters. The van der Waals surface area contributed by atoms with Gasteiger partial charge in [0.25, 0.3) is 0 Å². The van der Waals surface area contributed by atoms with Crippen molar-refractivity contribution in [2.24, 2.45) is 30.7 Å². The number of rotatable bonds is 24. The molecule has 0 aliphatic carbocycles. The van der Waals surface area contributed by atoms with Gasteiger partial charge in [-0.3, -0.25) is 0 Å². The highest BCUT2D eigenvalue weighted by Gasteiger charge is 2.26. The number of phenols is 3. The molecule has 0 spiro atoms. The number of hydrogen-bond donors (Lipinski definition) is 3. The Hall–Kier alpha value is -7.26. The van der Waals surface area contributed by atoms with Gasteiger partial charge in [-0.2, -0.15) is 0 Å². The van der Waals surface area contributed by atoms with E-state index < -0.39 is 17.2 Å². The fourth-order valence-corrected chi connectivity index (χ4v) is 9.77. The topological polar surface area (TPSA) is 135 Å². The third kappa shape index (κ3) is 13.2. The first-order chi connectivity index (χ1) is 36.5. The quantitative estimate of drug-likeness (QED) is 0.0520. The van der Waals surface area contributed by atoms with Crippen LogP contribution in [-0.4, -0.2) is 15.3 Å². The van der Waals surface area contributed by atoms with Crippen molar-refractivity contribution < 1.29 is 15.3 Å². The summed E-state index contributed by atoms with van der Waals surface area (Å²) in [6.07, 6.45) is 14.1. The summed E-state index contributed by atoms with van der Waals surface area (Å²) < 4.78 is 0. The smallest absolute Gasteiger partial charge is 0.179 e. The summed E-state index contributed by atoms with van der Waals surface area (Å²) >= 11 is 0. The minimum Gasteiger partial charge on any atom is -0.504 e. The number of benzene rings is 7. The van der Waals surface area contributed by atoms with E-state index in [0.29, 0.717) is 55.6 Å². The molecule has 0 bridgehead atoms. The van der Waals surface area contributed by atoms with Crippen molar-refractivity contribution in [2.75, 3.05) is 0 Å². The molecule has 0 aliphatic rings. The molecule has 0 heterocycles. The number of phenolic OH excluding ortho intramolecular Hbond substituents is 3. The SMILES string of the molecule is CCCCc1ccc(-c2cc(CC)c(N=Nc3c(O)c(N=Nc4c(CC)cc(-c5ccc(CCCC)cc5)cc4CC)c(O)c(N=Nc4c(CC)cc(-c5ccc(CCCC)cc5)cc4CC)c3O)c(CC)c2)cc1. The third-order valence-corrected chi connectivity index (χ3v) is 14.5. The molecule has 7 aromatic rings. The average Bonchev–Trinajstić information content (AvgIpc) is 3.45. The lowest BCUT2D eigenvalue weighted by Gasteiger charge is -2.15. The van der Waals surface area contributed by atoms with E-state index in [-0.39, 0.29) is 17.1 Å². The molecule has 3 N–H and O–H groups in total. The highest BCUT2D eigenvalue weighted by atomic mass is 16.3. The predicted octanol–water partition coefficient (Wildman–Crippen LogP) is 20.5. The number of hydrogen-bond acceptors (Lipinski definition) is 9. The minimum atomic E-state index is -0.586. The number of aryl methyl sites for hydroxylation is 9. The number of unbranched alkanes of at least 4 members (excludes halogenated alkanes) is 3. The first-order valence-electron chi connectivity index (χ1n) is 27.8. The zero-order valence-corrected chi connectivity index (χ0v) is 46.0. The van der Waals surface area contributed by atoms with Crippen molar-refractivity contribution in [3.63, 3.8) is 0 Å². The van der Waals surface area contributed by atoms with E-state index in [2.05, 4.69) is 187 Å². The second kappa shape index (κ2) is 26.8. The monoisotopic (exact) mass is 1000 g/mol. The van der Waals surface area contributed by atoms with Crippen LogP contribution in [0.4, 0.5) is 34.1 Å². The van der Waals surface area contributed by atoms with Crippen molar-refractivity contribution in [1.29, 1.82) is 0 Å². The fourth-order valence-electron chi connectivity index (χ4n) is 9.77. The Bertz CT molecular complexity index is 2700. The summed E-state index contributed by atoms with van der Waals surface area (Å²) in [5.41, 5.74) is 17.4. The molecule has 7 rings (SSSR count). The highest BCUT2D eigenvalue weighted by molar-refractivity contribution is 5.87. The van der Waals surface area contributed by atoms with Gasteiger partial charge in [-0.1, -0.05) is 154 Å². The fraction of sp³-hybridized carbons (Fsp3) is 0.364. The molecular formula is C66H78N6O3. The third-order valence-electron chi connectivity index (χ3n) is 14.5. The van der Waals surface area contributed by atoms with Crippen LogP contribution >= 0.6 is 0 Å². The van der Waals surface area contributed by atoms with E-state index in [4.69, 9.17) is 15.3 Å². The Morgan fingerprint density at radius 1 is 0.267 bits per heavy atom. The van der Waals surface area contributed by atoms with Gasteiger partial charge in [0, 0.05) is 0 Å². The van der Waals surface area contributed by atoms with Gasteiger partial charge in [0.15, 0.2) is 34.3 Å². The van der Waals surface area contributed by atoms with Crippen molar-refractivity contribution in [1.82, 2.24) is 0 Å². The Kier molecular flexibility index (Phi) is 19.8. The maximum atomic E-state index is 12.1. The van der Waals surface area contributed by atoms with E-state index in [0.717, 1.165) is 125 Å². The van der Waals surface area contributed by atoms with Crippen LogP contribution in [-0.2, 0) is 57.8 Å². The first kappa shape index (κ1) is 55.5. The van der Waals surface area contributed by atoms with Crippen molar-refractivity contribution in [3.8, 4) is 50.6 Å². The zero-order valence-electron chi connectivity index (χ0n) is 46.0. The van der Waals surface area contributed by atoms with Crippen LogP contribution in [0.3, 0.4) is 0 Å². The lowest BCUT2D eigenvalue weighted by atomic mass is 9.94. The lowest BCUT2D eigenvalue weighted by Crippen LogP contribution is -1.92. The number of azo groups is 3. The minimum absolute atomic E-state index is 0.306. The van der Waals surface area contributed by atoms with Gasteiger partial charge in [0.2, 0.25) is 0 Å². The summed E-state index contributed by atoms with van der Waals surface area (Å²) in [5.74, 6) is -1.76. The number of nitrogens with zero attached hydrogens (tertiary/aromatic N) is 6. The van der Waals surface area contributed by atoms with Gasteiger partial charge in [0.1, 0.15) is 0 Å². The molecule has 0 atom stereocenters. The van der Waals surface area contributed by atoms with Crippen LogP contribution in [0.2, 0.25) is 0 Å². The summed E-state index contributed by atoms with van der Waals surface area (Å²) in [6.45, 7) is 19.1. The highest BCUT2D eigenvalue weighted by Crippen LogP contribution is 2.57. The summed E-state index contributed by atoms with van der Waals surface area (Å²) in [6, 6.07) is 39.2. The van der Waals surface area contributed by atoms with Gasteiger partial charge in [0.05, 0.1) is 17.1 Å². The van der Waals surface area contributed by atoms with E-state index in [1.165, 1.54) is 16.7 Å². The normalized spacial score (nSPS) is 11.8. The molecule has 9 heteroatoms. The Balaban J connectivity index is 1.35. The maximum Gasteiger partial charge on any atom is 0.179 e. The summed E-state index contributed by atoms with van der Waals surface area (Å²) in [7, 11) is 0. The van der Waals surface area contributed by atoms with Gasteiger partial charge in [-0.15, -0.1) is 30.7 Å². The van der Waals surface area contributed by atoms with Crippen LogP contribution in [0.5, 0.6) is 17.2 Å². The van der Waals surface area contributed by atoms with Crippen LogP contribution in [0.25, 0.3) is 33.4 Å². The van der Waals surface area contributed by atoms with E-state index in [1.54, 1.807) is 0 Å². The van der Waals surface area contributed by atoms with Crippen LogP contribution in [0.1, 0.15) is 151 Å². The molecule has 0 aromatic heterocycles. The largest absolute Gasteiger partial charge is 0.504 e. The Morgan fingerprint density at radius 2 is 0.467 bits per heavy atom. The molecule has 390 valence electrons. The molecule has 75 heavy (non-hydrogen) atoms. The van der Waals surface area contributed by atoms with Crippen molar-refractivity contribution >= 4 is 34.1 Å².